The fourth-order valence-corrected chi connectivity index (χ4v) is 2.70. The molecule has 2 aromatic rings. The Hall–Kier alpha value is -1.61. The molecule has 0 amide bonds. The van der Waals surface area contributed by atoms with Crippen molar-refractivity contribution in [2.24, 2.45) is 0 Å². The molecule has 0 fully saturated rings. The monoisotopic (exact) mass is 241 g/mol. The van der Waals surface area contributed by atoms with Gasteiger partial charge in [-0.3, -0.25) is 4.68 Å². The van der Waals surface area contributed by atoms with Crippen LogP contribution in [0.3, 0.4) is 0 Å². The maximum absolute atomic E-state index is 4.35. The van der Waals surface area contributed by atoms with E-state index in [0.29, 0.717) is 6.04 Å². The summed E-state index contributed by atoms with van der Waals surface area (Å²) in [5.41, 5.74) is 4.25. The van der Waals surface area contributed by atoms with E-state index in [1.54, 1.807) is 0 Å². The number of benzene rings is 1. The van der Waals surface area contributed by atoms with E-state index < -0.39 is 0 Å². The molecule has 1 unspecified atom stereocenters. The van der Waals surface area contributed by atoms with Gasteiger partial charge in [-0.05, 0) is 43.0 Å². The molecule has 1 aliphatic heterocycles. The molecule has 1 aliphatic rings. The van der Waals surface area contributed by atoms with Gasteiger partial charge < -0.3 is 5.32 Å². The van der Waals surface area contributed by atoms with E-state index in [0.717, 1.165) is 25.9 Å². The highest BCUT2D eigenvalue weighted by molar-refractivity contribution is 5.33. The number of fused-ring (bicyclic) bond motifs is 1. The lowest BCUT2D eigenvalue weighted by atomic mass is 9.91. The maximum atomic E-state index is 4.35. The van der Waals surface area contributed by atoms with E-state index >= 15 is 0 Å². The van der Waals surface area contributed by atoms with E-state index in [2.05, 4.69) is 47.8 Å². The minimum Gasteiger partial charge on any atom is -0.309 e. The Kier molecular flexibility index (Phi) is 3.15. The van der Waals surface area contributed by atoms with Gasteiger partial charge in [-0.2, -0.15) is 5.10 Å². The van der Waals surface area contributed by atoms with Crippen LogP contribution in [0.5, 0.6) is 0 Å². The van der Waals surface area contributed by atoms with Crippen LogP contribution in [-0.4, -0.2) is 16.3 Å². The average molecular weight is 241 g/mol. The Morgan fingerprint density at radius 1 is 1.39 bits per heavy atom. The molecular formula is C15H19N3. The molecule has 1 atom stereocenters. The highest BCUT2D eigenvalue weighted by Crippen LogP contribution is 2.25. The van der Waals surface area contributed by atoms with Crippen LogP contribution >= 0.6 is 0 Å². The Morgan fingerprint density at radius 2 is 2.28 bits per heavy atom. The van der Waals surface area contributed by atoms with Gasteiger partial charge in [0.05, 0.1) is 6.20 Å². The summed E-state index contributed by atoms with van der Waals surface area (Å²) in [5, 5.41) is 7.96. The van der Waals surface area contributed by atoms with Crippen LogP contribution in [0.25, 0.3) is 0 Å². The molecular weight excluding hydrogens is 222 g/mol. The second-order valence-electron chi connectivity index (χ2n) is 4.86. The number of aromatic nitrogens is 2. The lowest BCUT2D eigenvalue weighted by Crippen LogP contribution is -2.31. The zero-order valence-corrected chi connectivity index (χ0v) is 10.8. The fourth-order valence-electron chi connectivity index (χ4n) is 2.70. The van der Waals surface area contributed by atoms with Crippen molar-refractivity contribution in [1.82, 2.24) is 15.1 Å². The second kappa shape index (κ2) is 4.94. The molecule has 0 spiro atoms. The first kappa shape index (κ1) is 11.5. The number of hydrogen-bond acceptors (Lipinski definition) is 2. The summed E-state index contributed by atoms with van der Waals surface area (Å²) in [4.78, 5) is 0. The van der Waals surface area contributed by atoms with Crippen molar-refractivity contribution in [1.29, 1.82) is 0 Å². The predicted octanol–water partition coefficient (Wildman–Crippen LogP) is 2.33. The van der Waals surface area contributed by atoms with E-state index in [-0.39, 0.29) is 0 Å². The first-order valence-electron chi connectivity index (χ1n) is 6.69. The van der Waals surface area contributed by atoms with Crippen LogP contribution in [0, 0.1) is 0 Å². The first-order valence-corrected chi connectivity index (χ1v) is 6.69. The Bertz CT molecular complexity index is 530. The summed E-state index contributed by atoms with van der Waals surface area (Å²) < 4.78 is 1.99. The molecule has 0 bridgehead atoms. The molecule has 3 nitrogen and oxygen atoms in total. The SMILES string of the molecule is CCn1cc(CC2NCCc3ccccc32)cn1. The molecule has 3 heteroatoms. The molecule has 18 heavy (non-hydrogen) atoms. The van der Waals surface area contributed by atoms with Crippen LogP contribution in [-0.2, 0) is 19.4 Å². The zero-order valence-electron chi connectivity index (χ0n) is 10.8. The number of aryl methyl sites for hydroxylation is 1. The smallest absolute Gasteiger partial charge is 0.0522 e. The third-order valence-corrected chi connectivity index (χ3v) is 3.67. The average Bonchev–Trinajstić information content (AvgIpc) is 2.87. The van der Waals surface area contributed by atoms with E-state index in [1.807, 2.05) is 10.9 Å². The normalized spacial score (nSPS) is 18.6. The number of rotatable bonds is 3. The van der Waals surface area contributed by atoms with Gasteiger partial charge in [0.1, 0.15) is 0 Å². The van der Waals surface area contributed by atoms with Gasteiger partial charge in [-0.15, -0.1) is 0 Å². The van der Waals surface area contributed by atoms with Crippen molar-refractivity contribution in [2.75, 3.05) is 6.54 Å². The Morgan fingerprint density at radius 3 is 3.11 bits per heavy atom. The summed E-state index contributed by atoms with van der Waals surface area (Å²) in [6.07, 6.45) is 6.30. The van der Waals surface area contributed by atoms with Gasteiger partial charge in [0, 0.05) is 18.8 Å². The zero-order chi connectivity index (χ0) is 12.4. The van der Waals surface area contributed by atoms with E-state index in [1.165, 1.54) is 16.7 Å². The van der Waals surface area contributed by atoms with Crippen molar-refractivity contribution in [2.45, 2.75) is 32.4 Å². The first-order chi connectivity index (χ1) is 8.86. The molecule has 1 N–H and O–H groups in total. The Labute approximate surface area is 108 Å². The maximum Gasteiger partial charge on any atom is 0.0522 e. The van der Waals surface area contributed by atoms with Gasteiger partial charge in [-0.25, -0.2) is 0 Å². The summed E-state index contributed by atoms with van der Waals surface area (Å²) >= 11 is 0. The number of hydrogen-bond donors (Lipinski definition) is 1. The summed E-state index contributed by atoms with van der Waals surface area (Å²) in [5.74, 6) is 0. The predicted molar refractivity (Wildman–Crippen MR) is 72.5 cm³/mol. The van der Waals surface area contributed by atoms with Gasteiger partial charge in [-0.1, -0.05) is 24.3 Å². The van der Waals surface area contributed by atoms with Crippen LogP contribution in [0.15, 0.2) is 36.7 Å². The lowest BCUT2D eigenvalue weighted by Gasteiger charge is -2.26. The van der Waals surface area contributed by atoms with Crippen molar-refractivity contribution in [3.63, 3.8) is 0 Å². The molecule has 1 aromatic carbocycles. The highest BCUT2D eigenvalue weighted by Gasteiger charge is 2.19. The number of nitrogens with one attached hydrogen (secondary N) is 1. The minimum absolute atomic E-state index is 0.435. The lowest BCUT2D eigenvalue weighted by molar-refractivity contribution is 0.502. The van der Waals surface area contributed by atoms with Crippen molar-refractivity contribution >= 4 is 0 Å². The molecule has 1 aromatic heterocycles. The van der Waals surface area contributed by atoms with Gasteiger partial charge in [0.25, 0.3) is 0 Å². The van der Waals surface area contributed by atoms with Gasteiger partial charge >= 0.3 is 0 Å². The van der Waals surface area contributed by atoms with E-state index in [9.17, 15) is 0 Å². The molecule has 2 heterocycles. The topological polar surface area (TPSA) is 29.9 Å². The Balaban J connectivity index is 1.81. The van der Waals surface area contributed by atoms with Crippen molar-refractivity contribution in [3.8, 4) is 0 Å². The van der Waals surface area contributed by atoms with Crippen molar-refractivity contribution < 1.29 is 0 Å². The third-order valence-electron chi connectivity index (χ3n) is 3.67. The largest absolute Gasteiger partial charge is 0.309 e. The second-order valence-corrected chi connectivity index (χ2v) is 4.86. The van der Waals surface area contributed by atoms with Gasteiger partial charge in [0.15, 0.2) is 0 Å². The van der Waals surface area contributed by atoms with Crippen LogP contribution < -0.4 is 5.32 Å². The third kappa shape index (κ3) is 2.18. The summed E-state index contributed by atoms with van der Waals surface area (Å²) in [7, 11) is 0. The standard InChI is InChI=1S/C15H19N3/c1-2-18-11-12(10-17-18)9-15-14-6-4-3-5-13(14)7-8-16-15/h3-6,10-11,15-16H,2,7-9H2,1H3. The summed E-state index contributed by atoms with van der Waals surface area (Å²) in [6, 6.07) is 9.20. The molecule has 0 saturated heterocycles. The summed E-state index contributed by atoms with van der Waals surface area (Å²) in [6.45, 7) is 4.13. The highest BCUT2D eigenvalue weighted by atomic mass is 15.3. The van der Waals surface area contributed by atoms with E-state index in [4.69, 9.17) is 0 Å². The minimum atomic E-state index is 0.435. The molecule has 0 radical (unpaired) electrons. The van der Waals surface area contributed by atoms with Gasteiger partial charge in [0.2, 0.25) is 0 Å². The van der Waals surface area contributed by atoms with Crippen LogP contribution in [0.2, 0.25) is 0 Å². The van der Waals surface area contributed by atoms with Crippen LogP contribution in [0.1, 0.15) is 29.7 Å². The molecule has 3 rings (SSSR count). The molecule has 0 saturated carbocycles. The van der Waals surface area contributed by atoms with Crippen molar-refractivity contribution in [3.05, 3.63) is 53.3 Å². The number of nitrogens with zero attached hydrogens (tertiary/aromatic N) is 2. The molecule has 94 valence electrons. The van der Waals surface area contributed by atoms with Crippen LogP contribution in [0.4, 0.5) is 0 Å². The fraction of sp³-hybridized carbons (Fsp3) is 0.400. The molecule has 0 aliphatic carbocycles. The quantitative estimate of drug-likeness (QED) is 0.894.